The van der Waals surface area contributed by atoms with Crippen LogP contribution >= 0.6 is 23.1 Å². The zero-order chi connectivity index (χ0) is 17.5. The maximum Gasteiger partial charge on any atom is 0.224 e. The normalized spacial score (nSPS) is 22.8. The first-order valence-electron chi connectivity index (χ1n) is 9.25. The maximum atomic E-state index is 12.5. The number of hydrogen-bond acceptors (Lipinski definition) is 7. The Kier molecular flexibility index (Phi) is 7.51. The summed E-state index contributed by atoms with van der Waals surface area (Å²) in [5.41, 5.74) is 0. The predicted molar refractivity (Wildman–Crippen MR) is 101 cm³/mol. The van der Waals surface area contributed by atoms with Crippen LogP contribution in [0.5, 0.6) is 0 Å². The first-order chi connectivity index (χ1) is 12.2. The molecule has 1 unspecified atom stereocenters. The molecule has 8 heteroatoms. The van der Waals surface area contributed by atoms with E-state index in [0.717, 1.165) is 80.1 Å². The minimum atomic E-state index is 0.148. The third kappa shape index (κ3) is 5.91. The van der Waals surface area contributed by atoms with Crippen molar-refractivity contribution in [3.63, 3.8) is 0 Å². The smallest absolute Gasteiger partial charge is 0.224 e. The minimum absolute atomic E-state index is 0.148. The molecule has 0 aliphatic carbocycles. The SMILES string of the molecule is Cc1nnc(SCCCNC(=O)C2CCCN(C3CCOCC3)C2)s1. The predicted octanol–water partition coefficient (Wildman–Crippen LogP) is 2.34. The molecule has 1 aromatic rings. The number of nitrogens with one attached hydrogen (secondary N) is 1. The average molecular weight is 385 g/mol. The monoisotopic (exact) mass is 384 g/mol. The first-order valence-corrected chi connectivity index (χ1v) is 11.0. The number of aromatic nitrogens is 2. The van der Waals surface area contributed by atoms with Gasteiger partial charge in [-0.25, -0.2) is 0 Å². The molecule has 0 saturated carbocycles. The molecule has 3 rings (SSSR count). The molecular weight excluding hydrogens is 356 g/mol. The van der Waals surface area contributed by atoms with E-state index in [1.165, 1.54) is 0 Å². The van der Waals surface area contributed by atoms with Gasteiger partial charge in [-0.3, -0.25) is 9.69 Å². The molecule has 2 saturated heterocycles. The standard InChI is InChI=1S/C17H28N4O2S2/c1-13-19-20-17(25-13)24-11-3-7-18-16(22)14-4-2-8-21(12-14)15-5-9-23-10-6-15/h14-15H,2-12H2,1H3,(H,18,22). The summed E-state index contributed by atoms with van der Waals surface area (Å²) in [5, 5.41) is 12.3. The zero-order valence-electron chi connectivity index (χ0n) is 14.9. The van der Waals surface area contributed by atoms with Gasteiger partial charge in [0.25, 0.3) is 0 Å². The van der Waals surface area contributed by atoms with Gasteiger partial charge in [0.05, 0.1) is 5.92 Å². The summed E-state index contributed by atoms with van der Waals surface area (Å²) in [6.07, 6.45) is 5.32. The van der Waals surface area contributed by atoms with Gasteiger partial charge in [-0.1, -0.05) is 23.1 Å². The number of ether oxygens (including phenoxy) is 1. The van der Waals surface area contributed by atoms with Gasteiger partial charge in [0, 0.05) is 38.1 Å². The number of carbonyl (C=O) groups excluding carboxylic acids is 1. The number of nitrogens with zero attached hydrogens (tertiary/aromatic N) is 3. The molecule has 25 heavy (non-hydrogen) atoms. The number of likely N-dealkylation sites (tertiary alicyclic amines) is 1. The number of carbonyl (C=O) groups is 1. The second-order valence-corrected chi connectivity index (χ2v) is 9.28. The van der Waals surface area contributed by atoms with Gasteiger partial charge in [-0.15, -0.1) is 10.2 Å². The molecule has 3 heterocycles. The lowest BCUT2D eigenvalue weighted by atomic mass is 9.94. The van der Waals surface area contributed by atoms with Gasteiger partial charge in [-0.05, 0) is 45.6 Å². The van der Waals surface area contributed by atoms with Crippen LogP contribution in [0.1, 0.15) is 37.1 Å². The van der Waals surface area contributed by atoms with Crippen LogP contribution < -0.4 is 5.32 Å². The molecule has 1 atom stereocenters. The van der Waals surface area contributed by atoms with E-state index in [2.05, 4.69) is 20.4 Å². The number of thioether (sulfide) groups is 1. The van der Waals surface area contributed by atoms with Crippen LogP contribution in [0.15, 0.2) is 4.34 Å². The number of rotatable bonds is 7. The fourth-order valence-corrected chi connectivity index (χ4v) is 5.35. The van der Waals surface area contributed by atoms with Crippen molar-refractivity contribution in [3.8, 4) is 0 Å². The van der Waals surface area contributed by atoms with Crippen molar-refractivity contribution in [2.75, 3.05) is 38.6 Å². The van der Waals surface area contributed by atoms with Gasteiger partial charge in [0.15, 0.2) is 4.34 Å². The van der Waals surface area contributed by atoms with Gasteiger partial charge in [0.1, 0.15) is 5.01 Å². The Labute approximate surface area is 158 Å². The Morgan fingerprint density at radius 1 is 1.36 bits per heavy atom. The van der Waals surface area contributed by atoms with E-state index in [1.54, 1.807) is 23.1 Å². The van der Waals surface area contributed by atoms with Gasteiger partial charge < -0.3 is 10.1 Å². The van der Waals surface area contributed by atoms with Crippen LogP contribution in [-0.2, 0) is 9.53 Å². The number of hydrogen-bond donors (Lipinski definition) is 1. The summed E-state index contributed by atoms with van der Waals surface area (Å²) >= 11 is 3.35. The highest BCUT2D eigenvalue weighted by Crippen LogP contribution is 2.24. The lowest BCUT2D eigenvalue weighted by Crippen LogP contribution is -2.48. The van der Waals surface area contributed by atoms with Gasteiger partial charge in [0.2, 0.25) is 5.91 Å². The lowest BCUT2D eigenvalue weighted by Gasteiger charge is -2.39. The van der Waals surface area contributed by atoms with Crippen LogP contribution in [0.3, 0.4) is 0 Å². The summed E-state index contributed by atoms with van der Waals surface area (Å²) in [7, 11) is 0. The van der Waals surface area contributed by atoms with Crippen molar-refractivity contribution in [1.82, 2.24) is 20.4 Å². The van der Waals surface area contributed by atoms with E-state index in [4.69, 9.17) is 4.74 Å². The van der Waals surface area contributed by atoms with Crippen molar-refractivity contribution in [1.29, 1.82) is 0 Å². The van der Waals surface area contributed by atoms with E-state index in [-0.39, 0.29) is 11.8 Å². The average Bonchev–Trinajstić information content (AvgIpc) is 3.07. The second kappa shape index (κ2) is 9.85. The summed E-state index contributed by atoms with van der Waals surface area (Å²) in [6, 6.07) is 0.608. The molecule has 2 aliphatic heterocycles. The maximum absolute atomic E-state index is 12.5. The molecular formula is C17H28N4O2S2. The molecule has 2 aliphatic rings. The third-order valence-electron chi connectivity index (χ3n) is 4.88. The van der Waals surface area contributed by atoms with Gasteiger partial charge >= 0.3 is 0 Å². The van der Waals surface area contributed by atoms with Crippen molar-refractivity contribution >= 4 is 29.0 Å². The topological polar surface area (TPSA) is 67.4 Å². The Balaban J connectivity index is 1.33. The highest BCUT2D eigenvalue weighted by Gasteiger charge is 2.30. The van der Waals surface area contributed by atoms with E-state index in [9.17, 15) is 4.79 Å². The van der Waals surface area contributed by atoms with Crippen LogP contribution in [0.4, 0.5) is 0 Å². The van der Waals surface area contributed by atoms with Crippen molar-refractivity contribution in [3.05, 3.63) is 5.01 Å². The molecule has 1 amide bonds. The molecule has 2 fully saturated rings. The molecule has 0 aromatic carbocycles. The highest BCUT2D eigenvalue weighted by molar-refractivity contribution is 8.01. The molecule has 0 bridgehead atoms. The summed E-state index contributed by atoms with van der Waals surface area (Å²) in [4.78, 5) is 15.0. The van der Waals surface area contributed by atoms with Crippen LogP contribution in [0, 0.1) is 12.8 Å². The summed E-state index contributed by atoms with van der Waals surface area (Å²) in [5.74, 6) is 1.34. The van der Waals surface area contributed by atoms with Crippen molar-refractivity contribution in [2.45, 2.75) is 49.4 Å². The molecule has 6 nitrogen and oxygen atoms in total. The zero-order valence-corrected chi connectivity index (χ0v) is 16.5. The minimum Gasteiger partial charge on any atom is -0.381 e. The summed E-state index contributed by atoms with van der Waals surface area (Å²) in [6.45, 7) is 6.49. The third-order valence-corrected chi connectivity index (χ3v) is 6.94. The molecule has 0 radical (unpaired) electrons. The first kappa shape index (κ1) is 19.1. The van der Waals surface area contributed by atoms with E-state index in [0.29, 0.717) is 6.04 Å². The molecule has 1 N–H and O–H groups in total. The van der Waals surface area contributed by atoms with Crippen LogP contribution in [-0.4, -0.2) is 65.6 Å². The quantitative estimate of drug-likeness (QED) is 0.575. The largest absolute Gasteiger partial charge is 0.381 e. The van der Waals surface area contributed by atoms with E-state index >= 15 is 0 Å². The van der Waals surface area contributed by atoms with Crippen molar-refractivity contribution < 1.29 is 9.53 Å². The molecule has 1 aromatic heterocycles. The van der Waals surface area contributed by atoms with E-state index in [1.807, 2.05) is 6.92 Å². The highest BCUT2D eigenvalue weighted by atomic mass is 32.2. The van der Waals surface area contributed by atoms with E-state index < -0.39 is 0 Å². The fourth-order valence-electron chi connectivity index (χ4n) is 3.53. The second-order valence-electron chi connectivity index (χ2n) is 6.76. The molecule has 0 spiro atoms. The Hall–Kier alpha value is -0.700. The fraction of sp³-hybridized carbons (Fsp3) is 0.824. The Morgan fingerprint density at radius 3 is 2.96 bits per heavy atom. The van der Waals surface area contributed by atoms with Crippen LogP contribution in [0.2, 0.25) is 0 Å². The molecule has 140 valence electrons. The lowest BCUT2D eigenvalue weighted by molar-refractivity contribution is -0.127. The number of aryl methyl sites for hydroxylation is 1. The number of piperidine rings is 1. The van der Waals surface area contributed by atoms with Crippen LogP contribution in [0.25, 0.3) is 0 Å². The number of amides is 1. The van der Waals surface area contributed by atoms with Crippen molar-refractivity contribution in [2.24, 2.45) is 5.92 Å². The Morgan fingerprint density at radius 2 is 2.20 bits per heavy atom. The van der Waals surface area contributed by atoms with Gasteiger partial charge in [-0.2, -0.15) is 0 Å². The Bertz CT molecular complexity index is 549. The summed E-state index contributed by atoms with van der Waals surface area (Å²) < 4.78 is 6.48.